The van der Waals surface area contributed by atoms with E-state index in [1.54, 1.807) is 59.7 Å². The maximum atomic E-state index is 13.0. The maximum Gasteiger partial charge on any atom is 0.425 e. The second-order valence-corrected chi connectivity index (χ2v) is 9.72. The Kier molecular flexibility index (Phi) is 6.09. The Labute approximate surface area is 188 Å². The number of fused-ring (bicyclic) bond motifs is 1. The summed E-state index contributed by atoms with van der Waals surface area (Å²) in [6.07, 6.45) is -0.383. The molecule has 3 aromatic rings. The predicted molar refractivity (Wildman–Crippen MR) is 120 cm³/mol. The molecular formula is C22H24BrN3O5. The Morgan fingerprint density at radius 3 is 2.13 bits per heavy atom. The average molecular weight is 490 g/mol. The highest BCUT2D eigenvalue weighted by atomic mass is 79.9. The molecule has 0 unspecified atom stereocenters. The summed E-state index contributed by atoms with van der Waals surface area (Å²) in [6.45, 7) is 10.2. The molecule has 0 saturated heterocycles. The standard InChI is InChI=1S/C22H24BrN3O5/c1-21(2,3)30-19(27)26(20(28)31-22(4,5)6)17-14(11-13(23)12-24-17)18-25-15-9-7-8-10-16(15)29-18/h7-12H,1-6H3. The third-order valence-corrected chi connectivity index (χ3v) is 4.16. The first-order chi connectivity index (χ1) is 14.3. The van der Waals surface area contributed by atoms with E-state index in [-0.39, 0.29) is 11.7 Å². The molecule has 0 atom stereocenters. The Morgan fingerprint density at radius 2 is 1.58 bits per heavy atom. The normalized spacial score (nSPS) is 12.0. The third-order valence-electron chi connectivity index (χ3n) is 3.72. The van der Waals surface area contributed by atoms with Gasteiger partial charge >= 0.3 is 12.2 Å². The summed E-state index contributed by atoms with van der Waals surface area (Å²) in [5.74, 6) is 0.181. The number of anilines is 1. The fourth-order valence-electron chi connectivity index (χ4n) is 2.62. The number of pyridine rings is 1. The number of carbonyl (C=O) groups excluding carboxylic acids is 2. The van der Waals surface area contributed by atoms with Crippen LogP contribution in [0.4, 0.5) is 15.4 Å². The largest absolute Gasteiger partial charge is 0.443 e. The number of oxazole rings is 1. The van der Waals surface area contributed by atoms with Crippen LogP contribution in [0.3, 0.4) is 0 Å². The molecule has 9 heteroatoms. The maximum absolute atomic E-state index is 13.0. The van der Waals surface area contributed by atoms with Gasteiger partial charge in [-0.25, -0.2) is 19.6 Å². The van der Waals surface area contributed by atoms with Gasteiger partial charge < -0.3 is 13.9 Å². The molecule has 0 aliphatic carbocycles. The number of ether oxygens (including phenoxy) is 2. The molecule has 1 aromatic carbocycles. The van der Waals surface area contributed by atoms with Crippen LogP contribution in [0.5, 0.6) is 0 Å². The number of carbonyl (C=O) groups is 2. The van der Waals surface area contributed by atoms with E-state index < -0.39 is 23.4 Å². The van der Waals surface area contributed by atoms with Crippen molar-refractivity contribution in [3.05, 3.63) is 41.0 Å². The number of para-hydroxylation sites is 2. The molecule has 31 heavy (non-hydrogen) atoms. The fraction of sp³-hybridized carbons (Fsp3) is 0.364. The first-order valence-electron chi connectivity index (χ1n) is 9.62. The molecule has 2 amide bonds. The van der Waals surface area contributed by atoms with Crippen LogP contribution in [-0.2, 0) is 9.47 Å². The summed E-state index contributed by atoms with van der Waals surface area (Å²) >= 11 is 3.38. The Balaban J connectivity index is 2.16. The van der Waals surface area contributed by atoms with Gasteiger partial charge in [0.25, 0.3) is 0 Å². The van der Waals surface area contributed by atoms with Crippen LogP contribution >= 0.6 is 15.9 Å². The van der Waals surface area contributed by atoms with Crippen molar-refractivity contribution in [2.45, 2.75) is 52.7 Å². The molecule has 0 aliphatic rings. The number of benzene rings is 1. The van der Waals surface area contributed by atoms with Gasteiger partial charge in [0.05, 0.1) is 5.56 Å². The highest BCUT2D eigenvalue weighted by molar-refractivity contribution is 9.10. The van der Waals surface area contributed by atoms with E-state index in [0.29, 0.717) is 21.1 Å². The minimum atomic E-state index is -0.922. The molecule has 3 rings (SSSR count). The van der Waals surface area contributed by atoms with Crippen molar-refractivity contribution in [3.8, 4) is 11.5 Å². The number of hydrogen-bond acceptors (Lipinski definition) is 7. The number of amides is 2. The topological polar surface area (TPSA) is 94.8 Å². The van der Waals surface area contributed by atoms with Crippen LogP contribution in [0.25, 0.3) is 22.6 Å². The molecule has 0 N–H and O–H groups in total. The van der Waals surface area contributed by atoms with Crippen molar-refractivity contribution in [2.75, 3.05) is 4.90 Å². The second-order valence-electron chi connectivity index (χ2n) is 8.81. The van der Waals surface area contributed by atoms with Gasteiger partial charge in [-0.05, 0) is 75.7 Å². The molecule has 164 valence electrons. The highest BCUT2D eigenvalue weighted by Gasteiger charge is 2.36. The van der Waals surface area contributed by atoms with E-state index in [4.69, 9.17) is 13.9 Å². The summed E-state index contributed by atoms with van der Waals surface area (Å²) < 4.78 is 17.4. The molecule has 0 aliphatic heterocycles. The lowest BCUT2D eigenvalue weighted by Gasteiger charge is -2.28. The van der Waals surface area contributed by atoms with Gasteiger partial charge in [-0.3, -0.25) is 0 Å². The van der Waals surface area contributed by atoms with Crippen LogP contribution in [0, 0.1) is 0 Å². The lowest BCUT2D eigenvalue weighted by Crippen LogP contribution is -2.44. The predicted octanol–water partition coefficient (Wildman–Crippen LogP) is 6.33. The van der Waals surface area contributed by atoms with Gasteiger partial charge in [0, 0.05) is 10.7 Å². The zero-order chi connectivity index (χ0) is 23.0. The van der Waals surface area contributed by atoms with Crippen LogP contribution in [0.15, 0.2) is 45.4 Å². The lowest BCUT2D eigenvalue weighted by atomic mass is 10.2. The third kappa shape index (κ3) is 5.61. The first kappa shape index (κ1) is 22.7. The molecule has 0 saturated carbocycles. The van der Waals surface area contributed by atoms with Crippen molar-refractivity contribution >= 4 is 45.0 Å². The summed E-state index contributed by atoms with van der Waals surface area (Å²) in [6, 6.07) is 8.89. The molecule has 0 fully saturated rings. The van der Waals surface area contributed by atoms with E-state index >= 15 is 0 Å². The quantitative estimate of drug-likeness (QED) is 0.414. The summed E-state index contributed by atoms with van der Waals surface area (Å²) in [5.41, 5.74) is -0.175. The van der Waals surface area contributed by atoms with Crippen molar-refractivity contribution in [3.63, 3.8) is 0 Å². The summed E-state index contributed by atoms with van der Waals surface area (Å²) in [4.78, 5) is 35.6. The summed E-state index contributed by atoms with van der Waals surface area (Å²) in [5, 5.41) is 0. The SMILES string of the molecule is CC(C)(C)OC(=O)N(C(=O)OC(C)(C)C)c1ncc(Br)cc1-c1nc2ccccc2o1. The van der Waals surface area contributed by atoms with Crippen LogP contribution < -0.4 is 4.90 Å². The average Bonchev–Trinajstić information content (AvgIpc) is 3.04. The number of nitrogens with zero attached hydrogens (tertiary/aromatic N) is 3. The Morgan fingerprint density at radius 1 is 1.00 bits per heavy atom. The monoisotopic (exact) mass is 489 g/mol. The minimum absolute atomic E-state index is 0.0155. The number of hydrogen-bond donors (Lipinski definition) is 0. The Hall–Kier alpha value is -2.94. The van der Waals surface area contributed by atoms with Crippen molar-refractivity contribution in [2.24, 2.45) is 0 Å². The molecule has 2 aromatic heterocycles. The minimum Gasteiger partial charge on any atom is -0.443 e. The number of halogens is 1. The van der Waals surface area contributed by atoms with Gasteiger partial charge in [0.1, 0.15) is 16.7 Å². The second kappa shape index (κ2) is 8.30. The summed E-state index contributed by atoms with van der Waals surface area (Å²) in [7, 11) is 0. The molecular weight excluding hydrogens is 466 g/mol. The zero-order valence-corrected chi connectivity index (χ0v) is 19.8. The van der Waals surface area contributed by atoms with Crippen molar-refractivity contribution < 1.29 is 23.5 Å². The smallest absolute Gasteiger partial charge is 0.425 e. The highest BCUT2D eigenvalue weighted by Crippen LogP contribution is 2.34. The van der Waals surface area contributed by atoms with Crippen molar-refractivity contribution in [1.29, 1.82) is 0 Å². The lowest BCUT2D eigenvalue weighted by molar-refractivity contribution is 0.0429. The molecule has 2 heterocycles. The van der Waals surface area contributed by atoms with Gasteiger partial charge in [-0.2, -0.15) is 4.90 Å². The number of rotatable bonds is 2. The number of imide groups is 1. The zero-order valence-electron chi connectivity index (χ0n) is 18.2. The fourth-order valence-corrected chi connectivity index (χ4v) is 2.95. The number of aromatic nitrogens is 2. The van der Waals surface area contributed by atoms with E-state index in [0.717, 1.165) is 4.90 Å². The first-order valence-corrected chi connectivity index (χ1v) is 10.4. The van der Waals surface area contributed by atoms with E-state index in [9.17, 15) is 9.59 Å². The van der Waals surface area contributed by atoms with Crippen LogP contribution in [-0.4, -0.2) is 33.4 Å². The molecule has 8 nitrogen and oxygen atoms in total. The molecule has 0 radical (unpaired) electrons. The van der Waals surface area contributed by atoms with E-state index in [1.165, 1.54) is 6.20 Å². The van der Waals surface area contributed by atoms with E-state index in [2.05, 4.69) is 25.9 Å². The molecule has 0 bridgehead atoms. The van der Waals surface area contributed by atoms with Crippen LogP contribution in [0.2, 0.25) is 0 Å². The van der Waals surface area contributed by atoms with Gasteiger partial charge in [-0.15, -0.1) is 0 Å². The van der Waals surface area contributed by atoms with Crippen molar-refractivity contribution in [1.82, 2.24) is 9.97 Å². The van der Waals surface area contributed by atoms with Gasteiger partial charge in [0.15, 0.2) is 11.4 Å². The van der Waals surface area contributed by atoms with E-state index in [1.807, 2.05) is 12.1 Å². The molecule has 0 spiro atoms. The Bertz CT molecular complexity index is 1070. The van der Waals surface area contributed by atoms with Gasteiger partial charge in [0.2, 0.25) is 5.89 Å². The van der Waals surface area contributed by atoms with Gasteiger partial charge in [-0.1, -0.05) is 12.1 Å². The van der Waals surface area contributed by atoms with Crippen LogP contribution in [0.1, 0.15) is 41.5 Å².